The summed E-state index contributed by atoms with van der Waals surface area (Å²) in [5.41, 5.74) is 0.857. The number of carbonyl (C=O) groups excluding carboxylic acids is 1. The number of aromatic nitrogens is 4. The highest BCUT2D eigenvalue weighted by atomic mass is 79.9. The highest BCUT2D eigenvalue weighted by Gasteiger charge is 2.33. The first-order valence-electron chi connectivity index (χ1n) is 11.1. The van der Waals surface area contributed by atoms with Gasteiger partial charge in [0.2, 0.25) is 11.9 Å². The van der Waals surface area contributed by atoms with Crippen LogP contribution in [-0.4, -0.2) is 44.4 Å². The van der Waals surface area contributed by atoms with Crippen LogP contribution in [0.1, 0.15) is 26.7 Å². The summed E-state index contributed by atoms with van der Waals surface area (Å²) in [4.78, 5) is 21.8. The highest BCUT2D eigenvalue weighted by Crippen LogP contribution is 2.36. The Kier molecular flexibility index (Phi) is 7.55. The summed E-state index contributed by atoms with van der Waals surface area (Å²) in [6, 6.07) is 8.54. The van der Waals surface area contributed by atoms with Gasteiger partial charge in [-0.1, -0.05) is 31.5 Å². The Balaban J connectivity index is 1.89. The standard InChI is InChI=1S/C23H21BrClF3N6O2/c1-3-10-29-21(35)16(4-2)30-22-31-18-14(6-5-7-15(18)24)20-32-19(33-34(20)22)13-9-8-12(25)11-17(13)36-23(26,27)28/h5-9,11,16H,3-4,10H2,1-2H3,(H,29,35)(H,30,31)/t16-/m1/s1. The molecule has 0 aliphatic heterocycles. The van der Waals surface area contributed by atoms with Gasteiger partial charge < -0.3 is 15.4 Å². The molecule has 1 amide bonds. The van der Waals surface area contributed by atoms with E-state index in [-0.39, 0.29) is 28.3 Å². The van der Waals surface area contributed by atoms with E-state index < -0.39 is 18.2 Å². The van der Waals surface area contributed by atoms with Gasteiger partial charge in [0.1, 0.15) is 11.8 Å². The smallest absolute Gasteiger partial charge is 0.405 e. The summed E-state index contributed by atoms with van der Waals surface area (Å²) in [5, 5.41) is 11.1. The van der Waals surface area contributed by atoms with Crippen molar-refractivity contribution in [3.8, 4) is 17.1 Å². The summed E-state index contributed by atoms with van der Waals surface area (Å²) in [6.07, 6.45) is -3.71. The number of rotatable bonds is 8. The van der Waals surface area contributed by atoms with Gasteiger partial charge in [-0.15, -0.1) is 18.3 Å². The van der Waals surface area contributed by atoms with Crippen LogP contribution in [-0.2, 0) is 4.79 Å². The maximum absolute atomic E-state index is 13.1. The van der Waals surface area contributed by atoms with E-state index in [0.717, 1.165) is 12.5 Å². The molecule has 4 rings (SSSR count). The number of halogens is 5. The number of benzene rings is 2. The topological polar surface area (TPSA) is 93.4 Å². The fourth-order valence-electron chi connectivity index (χ4n) is 3.57. The predicted octanol–water partition coefficient (Wildman–Crippen LogP) is 5.98. The molecule has 0 spiro atoms. The molecule has 0 unspecified atom stereocenters. The van der Waals surface area contributed by atoms with Crippen LogP contribution in [0.2, 0.25) is 5.02 Å². The molecule has 0 radical (unpaired) electrons. The Bertz CT molecular complexity index is 1430. The molecule has 0 saturated heterocycles. The number of carbonyl (C=O) groups is 1. The van der Waals surface area contributed by atoms with Crippen LogP contribution >= 0.6 is 27.5 Å². The van der Waals surface area contributed by atoms with Crippen molar-refractivity contribution in [2.24, 2.45) is 0 Å². The molecule has 0 bridgehead atoms. The van der Waals surface area contributed by atoms with Gasteiger partial charge >= 0.3 is 6.36 Å². The van der Waals surface area contributed by atoms with Crippen molar-refractivity contribution < 1.29 is 22.7 Å². The number of nitrogens with zero attached hydrogens (tertiary/aromatic N) is 4. The maximum atomic E-state index is 13.1. The van der Waals surface area contributed by atoms with Crippen LogP contribution in [0.5, 0.6) is 5.75 Å². The molecule has 8 nitrogen and oxygen atoms in total. The second-order valence-corrected chi connectivity index (χ2v) is 9.12. The average molecular weight is 586 g/mol. The van der Waals surface area contributed by atoms with Gasteiger partial charge in [0.05, 0.1) is 11.1 Å². The zero-order valence-corrected chi connectivity index (χ0v) is 21.5. The van der Waals surface area contributed by atoms with Crippen LogP contribution < -0.4 is 15.4 Å². The SMILES string of the molecule is CCCNC(=O)[C@@H](CC)Nc1nc2c(Br)cccc2c2nc(-c3ccc(Cl)cc3OC(F)(F)F)nn12. The van der Waals surface area contributed by atoms with Crippen molar-refractivity contribution in [3.05, 3.63) is 45.9 Å². The van der Waals surface area contributed by atoms with Crippen LogP contribution in [0.25, 0.3) is 27.9 Å². The zero-order valence-electron chi connectivity index (χ0n) is 19.2. The van der Waals surface area contributed by atoms with Crippen molar-refractivity contribution in [1.82, 2.24) is 24.9 Å². The van der Waals surface area contributed by atoms with Gasteiger partial charge in [0, 0.05) is 21.4 Å². The Hall–Kier alpha value is -3.12. The summed E-state index contributed by atoms with van der Waals surface area (Å²) < 4.78 is 45.4. The fraction of sp³-hybridized carbons (Fsp3) is 0.304. The van der Waals surface area contributed by atoms with E-state index in [9.17, 15) is 18.0 Å². The fourth-order valence-corrected chi connectivity index (χ4v) is 4.19. The second-order valence-electron chi connectivity index (χ2n) is 7.83. The minimum atomic E-state index is -4.94. The second kappa shape index (κ2) is 10.5. The zero-order chi connectivity index (χ0) is 26.0. The number of para-hydroxylation sites is 1. The molecule has 0 fully saturated rings. The Labute approximate surface area is 217 Å². The normalized spacial score (nSPS) is 12.6. The summed E-state index contributed by atoms with van der Waals surface area (Å²) in [6.45, 7) is 4.32. The molecular weight excluding hydrogens is 565 g/mol. The number of ether oxygens (including phenoxy) is 1. The van der Waals surface area contributed by atoms with E-state index in [2.05, 4.69) is 46.4 Å². The van der Waals surface area contributed by atoms with Crippen molar-refractivity contribution in [2.75, 3.05) is 11.9 Å². The van der Waals surface area contributed by atoms with Crippen LogP contribution in [0.3, 0.4) is 0 Å². The summed E-state index contributed by atoms with van der Waals surface area (Å²) >= 11 is 9.40. The maximum Gasteiger partial charge on any atom is 0.573 e. The van der Waals surface area contributed by atoms with Gasteiger partial charge in [-0.25, -0.2) is 9.97 Å². The van der Waals surface area contributed by atoms with Crippen molar-refractivity contribution in [3.63, 3.8) is 0 Å². The third-order valence-electron chi connectivity index (χ3n) is 5.24. The molecule has 2 heterocycles. The minimum Gasteiger partial charge on any atom is -0.405 e. The Morgan fingerprint density at radius 1 is 1.22 bits per heavy atom. The number of amides is 1. The van der Waals surface area contributed by atoms with Crippen molar-refractivity contribution in [2.45, 2.75) is 39.1 Å². The molecule has 0 saturated carbocycles. The predicted molar refractivity (Wildman–Crippen MR) is 134 cm³/mol. The minimum absolute atomic E-state index is 0.0118. The molecule has 36 heavy (non-hydrogen) atoms. The lowest BCUT2D eigenvalue weighted by atomic mass is 10.2. The third kappa shape index (κ3) is 5.49. The molecule has 0 aliphatic rings. The van der Waals surface area contributed by atoms with Crippen LogP contribution in [0, 0.1) is 0 Å². The Morgan fingerprint density at radius 2 is 2.00 bits per heavy atom. The number of fused-ring (bicyclic) bond motifs is 3. The first-order valence-corrected chi connectivity index (χ1v) is 12.2. The first-order chi connectivity index (χ1) is 17.1. The first kappa shape index (κ1) is 26.0. The lowest BCUT2D eigenvalue weighted by Gasteiger charge is -2.18. The van der Waals surface area contributed by atoms with E-state index in [4.69, 9.17) is 11.6 Å². The number of anilines is 1. The molecule has 190 valence electrons. The molecular formula is C23H21BrClF3N6O2. The van der Waals surface area contributed by atoms with Gasteiger partial charge in [-0.05, 0) is 59.1 Å². The number of hydrogen-bond donors (Lipinski definition) is 2. The van der Waals surface area contributed by atoms with E-state index in [1.165, 1.54) is 16.6 Å². The number of hydrogen-bond acceptors (Lipinski definition) is 6. The third-order valence-corrected chi connectivity index (χ3v) is 6.12. The highest BCUT2D eigenvalue weighted by molar-refractivity contribution is 9.10. The average Bonchev–Trinajstić information content (AvgIpc) is 3.26. The van der Waals surface area contributed by atoms with Gasteiger partial charge in [-0.3, -0.25) is 4.79 Å². The molecule has 13 heteroatoms. The van der Waals surface area contributed by atoms with Crippen molar-refractivity contribution in [1.29, 1.82) is 0 Å². The van der Waals surface area contributed by atoms with E-state index in [0.29, 0.717) is 34.0 Å². The van der Waals surface area contributed by atoms with Crippen LogP contribution in [0.15, 0.2) is 40.9 Å². The number of alkyl halides is 3. The molecule has 4 aromatic rings. The van der Waals surface area contributed by atoms with Crippen molar-refractivity contribution >= 4 is 55.9 Å². The van der Waals surface area contributed by atoms with Gasteiger partial charge in [0.15, 0.2) is 11.5 Å². The summed E-state index contributed by atoms with van der Waals surface area (Å²) in [7, 11) is 0. The largest absolute Gasteiger partial charge is 0.573 e. The molecule has 2 N–H and O–H groups in total. The van der Waals surface area contributed by atoms with Crippen LogP contribution in [0.4, 0.5) is 19.1 Å². The summed E-state index contributed by atoms with van der Waals surface area (Å²) in [5.74, 6) is -0.578. The van der Waals surface area contributed by atoms with E-state index >= 15 is 0 Å². The molecule has 2 aromatic heterocycles. The van der Waals surface area contributed by atoms with E-state index in [1.807, 2.05) is 13.8 Å². The lowest BCUT2D eigenvalue weighted by Crippen LogP contribution is -2.40. The quantitative estimate of drug-likeness (QED) is 0.264. The molecule has 1 atom stereocenters. The molecule has 0 aliphatic carbocycles. The lowest BCUT2D eigenvalue weighted by molar-refractivity contribution is -0.274. The van der Waals surface area contributed by atoms with Gasteiger partial charge in [0.25, 0.3) is 0 Å². The number of nitrogens with one attached hydrogen (secondary N) is 2. The monoisotopic (exact) mass is 584 g/mol. The van der Waals surface area contributed by atoms with Gasteiger partial charge in [-0.2, -0.15) is 4.52 Å². The molecule has 2 aromatic carbocycles. The van der Waals surface area contributed by atoms with E-state index in [1.54, 1.807) is 18.2 Å². The Morgan fingerprint density at radius 3 is 2.69 bits per heavy atom.